The van der Waals surface area contributed by atoms with Gasteiger partial charge in [-0.1, -0.05) is 29.4 Å². The molecule has 1 N–H and O–H groups in total. The standard InChI is InChI=1S/C31H33F3N6O2S/c1-21-3-4-23(28(41)19-25-18-24(7-10-35-25)31(32,33)34)17-22(21)5-6-27-20-36-29(43-27)37-30(42)40-11-8-26(9-12-40)39-15-13-38(2)14-16-39/h3-4,7,10,17-18,20,26H,8-9,11-16,19H2,1-2H3,(H,36,37,42). The molecule has 0 saturated carbocycles. The Balaban J connectivity index is 1.17. The maximum absolute atomic E-state index is 13.0. The van der Waals surface area contributed by atoms with Crippen LogP contribution in [0.5, 0.6) is 0 Å². The molecule has 8 nitrogen and oxygen atoms in total. The quantitative estimate of drug-likeness (QED) is 0.326. The molecule has 0 bridgehead atoms. The highest BCUT2D eigenvalue weighted by atomic mass is 32.1. The number of piperazine rings is 1. The number of urea groups is 1. The average Bonchev–Trinajstić information content (AvgIpc) is 3.44. The minimum atomic E-state index is -4.51. The fourth-order valence-corrected chi connectivity index (χ4v) is 5.92. The third-order valence-electron chi connectivity index (χ3n) is 7.89. The maximum atomic E-state index is 13.0. The Morgan fingerprint density at radius 1 is 1.02 bits per heavy atom. The Hall–Kier alpha value is -3.79. The molecule has 0 unspecified atom stereocenters. The first-order chi connectivity index (χ1) is 20.5. The molecule has 0 spiro atoms. The third-order valence-corrected chi connectivity index (χ3v) is 8.72. The van der Waals surface area contributed by atoms with Gasteiger partial charge in [0.2, 0.25) is 0 Å². The second-order valence-corrected chi connectivity index (χ2v) is 12.0. The first kappa shape index (κ1) is 30.7. The molecule has 2 aliphatic heterocycles. The smallest absolute Gasteiger partial charge is 0.324 e. The first-order valence-electron chi connectivity index (χ1n) is 14.2. The Labute approximate surface area is 252 Å². The summed E-state index contributed by atoms with van der Waals surface area (Å²) in [4.78, 5) is 41.3. The first-order valence-corrected chi connectivity index (χ1v) is 15.0. The number of Topliss-reactive ketones (excluding diaryl/α,β-unsaturated/α-hetero) is 1. The van der Waals surface area contributed by atoms with E-state index in [2.05, 4.69) is 44.0 Å². The minimum absolute atomic E-state index is 0.0478. The number of ketones is 1. The molecule has 2 fully saturated rings. The zero-order valence-corrected chi connectivity index (χ0v) is 24.9. The largest absolute Gasteiger partial charge is 0.416 e. The Morgan fingerprint density at radius 2 is 1.77 bits per heavy atom. The number of piperidine rings is 1. The number of likely N-dealkylation sites (tertiary alicyclic amines) is 1. The topological polar surface area (TPSA) is 81.7 Å². The number of carbonyl (C=O) groups is 2. The number of nitrogens with zero attached hydrogens (tertiary/aromatic N) is 5. The van der Waals surface area contributed by atoms with Crippen LogP contribution in [0.1, 0.15) is 50.5 Å². The van der Waals surface area contributed by atoms with E-state index in [1.165, 1.54) is 11.3 Å². The molecule has 3 aromatic rings. The van der Waals surface area contributed by atoms with E-state index in [9.17, 15) is 22.8 Å². The molecule has 2 amide bonds. The summed E-state index contributed by atoms with van der Waals surface area (Å²) in [5, 5.41) is 3.35. The van der Waals surface area contributed by atoms with Gasteiger partial charge in [-0.25, -0.2) is 9.78 Å². The number of hydrogen-bond acceptors (Lipinski definition) is 7. The number of halogens is 3. The lowest BCUT2D eigenvalue weighted by molar-refractivity contribution is -0.137. The van der Waals surface area contributed by atoms with Crippen LogP contribution in [0.4, 0.5) is 23.1 Å². The molecular formula is C31H33F3N6O2S. The predicted molar refractivity (Wildman–Crippen MR) is 159 cm³/mol. The van der Waals surface area contributed by atoms with Gasteiger partial charge in [-0.15, -0.1) is 0 Å². The van der Waals surface area contributed by atoms with E-state index in [1.807, 2.05) is 11.8 Å². The third kappa shape index (κ3) is 7.98. The highest BCUT2D eigenvalue weighted by Crippen LogP contribution is 2.29. The van der Waals surface area contributed by atoms with Crippen molar-refractivity contribution in [1.29, 1.82) is 0 Å². The van der Waals surface area contributed by atoms with Gasteiger partial charge >= 0.3 is 12.2 Å². The van der Waals surface area contributed by atoms with Crippen molar-refractivity contribution in [3.63, 3.8) is 0 Å². The number of nitrogens with one attached hydrogen (secondary N) is 1. The minimum Gasteiger partial charge on any atom is -0.324 e. The summed E-state index contributed by atoms with van der Waals surface area (Å²) < 4.78 is 39.1. The highest BCUT2D eigenvalue weighted by molar-refractivity contribution is 7.16. The highest BCUT2D eigenvalue weighted by Gasteiger charge is 2.31. The molecule has 226 valence electrons. The van der Waals surface area contributed by atoms with Crippen molar-refractivity contribution in [2.45, 2.75) is 38.4 Å². The molecule has 0 atom stereocenters. The molecular weight excluding hydrogens is 577 g/mol. The number of alkyl halides is 3. The number of likely N-dealkylation sites (N-methyl/N-ethyl adjacent to an activating group) is 1. The van der Waals surface area contributed by atoms with Crippen LogP contribution in [0.15, 0.2) is 42.7 Å². The maximum Gasteiger partial charge on any atom is 0.416 e. The number of aromatic nitrogens is 2. The van der Waals surface area contributed by atoms with Crippen LogP contribution in [-0.2, 0) is 12.6 Å². The van der Waals surface area contributed by atoms with E-state index in [0.29, 0.717) is 40.3 Å². The van der Waals surface area contributed by atoms with Crippen molar-refractivity contribution < 1.29 is 22.8 Å². The summed E-state index contributed by atoms with van der Waals surface area (Å²) in [5.41, 5.74) is 1.01. The van der Waals surface area contributed by atoms with Crippen LogP contribution >= 0.6 is 11.3 Å². The van der Waals surface area contributed by atoms with E-state index >= 15 is 0 Å². The normalized spacial score (nSPS) is 16.9. The number of hydrogen-bond donors (Lipinski definition) is 1. The van der Waals surface area contributed by atoms with Crippen molar-refractivity contribution in [3.05, 3.63) is 75.6 Å². The summed E-state index contributed by atoms with van der Waals surface area (Å²) in [6, 6.07) is 7.14. The molecule has 2 aliphatic rings. The van der Waals surface area contributed by atoms with Gasteiger partial charge in [0.05, 0.1) is 23.1 Å². The van der Waals surface area contributed by atoms with Crippen LogP contribution in [0, 0.1) is 18.8 Å². The van der Waals surface area contributed by atoms with Gasteiger partial charge in [0, 0.05) is 68.3 Å². The van der Waals surface area contributed by atoms with Crippen LogP contribution in [0.3, 0.4) is 0 Å². The van der Waals surface area contributed by atoms with Crippen molar-refractivity contribution >= 4 is 28.3 Å². The zero-order chi connectivity index (χ0) is 30.6. The number of benzene rings is 1. The van der Waals surface area contributed by atoms with Gasteiger partial charge in [0.25, 0.3) is 0 Å². The summed E-state index contributed by atoms with van der Waals surface area (Å²) in [6.45, 7) is 7.59. The van der Waals surface area contributed by atoms with Gasteiger partial charge in [-0.05, 0) is 56.5 Å². The number of amides is 2. The van der Waals surface area contributed by atoms with Gasteiger partial charge < -0.3 is 9.80 Å². The monoisotopic (exact) mass is 610 g/mol. The second kappa shape index (κ2) is 13.2. The summed E-state index contributed by atoms with van der Waals surface area (Å²) in [7, 11) is 2.15. The van der Waals surface area contributed by atoms with E-state index in [-0.39, 0.29) is 23.9 Å². The van der Waals surface area contributed by atoms with Crippen molar-refractivity contribution in [1.82, 2.24) is 24.7 Å². The van der Waals surface area contributed by atoms with Gasteiger partial charge in [0.1, 0.15) is 0 Å². The predicted octanol–water partition coefficient (Wildman–Crippen LogP) is 4.93. The van der Waals surface area contributed by atoms with Gasteiger partial charge in [-0.3, -0.25) is 20.0 Å². The lowest BCUT2D eigenvalue weighted by Gasteiger charge is -2.41. The molecule has 0 radical (unpaired) electrons. The Kier molecular flexibility index (Phi) is 9.44. The molecule has 12 heteroatoms. The number of anilines is 1. The van der Waals surface area contributed by atoms with E-state index < -0.39 is 11.7 Å². The number of rotatable bonds is 5. The van der Waals surface area contributed by atoms with Crippen molar-refractivity contribution in [2.75, 3.05) is 51.6 Å². The molecule has 2 aromatic heterocycles. The van der Waals surface area contributed by atoms with E-state index in [1.54, 1.807) is 24.4 Å². The SMILES string of the molecule is Cc1ccc(C(=O)Cc2cc(C(F)(F)F)ccn2)cc1C#Cc1cnc(NC(=O)N2CCC(N3CCN(C)CC3)CC2)s1. The number of aryl methyl sites for hydroxylation is 1. The van der Waals surface area contributed by atoms with Gasteiger partial charge in [-0.2, -0.15) is 13.2 Å². The molecule has 1 aromatic carbocycles. The van der Waals surface area contributed by atoms with Crippen LogP contribution in [-0.4, -0.2) is 88.8 Å². The van der Waals surface area contributed by atoms with E-state index in [0.717, 1.165) is 62.9 Å². The zero-order valence-electron chi connectivity index (χ0n) is 24.1. The Bertz CT molecular complexity index is 1530. The van der Waals surface area contributed by atoms with Crippen molar-refractivity contribution in [2.24, 2.45) is 0 Å². The lowest BCUT2D eigenvalue weighted by Crippen LogP contribution is -2.53. The summed E-state index contributed by atoms with van der Waals surface area (Å²) in [6.07, 6.45) is -0.191. The number of thiazole rings is 1. The average molecular weight is 611 g/mol. The fraction of sp³-hybridized carbons (Fsp3) is 0.419. The number of pyridine rings is 1. The summed E-state index contributed by atoms with van der Waals surface area (Å²) in [5.74, 6) is 5.75. The van der Waals surface area contributed by atoms with E-state index in [4.69, 9.17) is 0 Å². The number of carbonyl (C=O) groups excluding carboxylic acids is 2. The van der Waals surface area contributed by atoms with Crippen LogP contribution < -0.4 is 5.32 Å². The Morgan fingerprint density at radius 3 is 2.49 bits per heavy atom. The van der Waals surface area contributed by atoms with Crippen LogP contribution in [0.25, 0.3) is 0 Å². The lowest BCUT2D eigenvalue weighted by atomic mass is 10.00. The second-order valence-electron chi connectivity index (χ2n) is 10.9. The molecule has 5 rings (SSSR count). The van der Waals surface area contributed by atoms with Crippen molar-refractivity contribution in [3.8, 4) is 11.8 Å². The van der Waals surface area contributed by atoms with Gasteiger partial charge in [0.15, 0.2) is 10.9 Å². The molecule has 2 saturated heterocycles. The summed E-state index contributed by atoms with van der Waals surface area (Å²) >= 11 is 1.27. The fourth-order valence-electron chi connectivity index (χ4n) is 5.26. The van der Waals surface area contributed by atoms with Crippen LogP contribution in [0.2, 0.25) is 0 Å². The molecule has 0 aliphatic carbocycles. The molecule has 43 heavy (non-hydrogen) atoms. The molecule has 4 heterocycles.